The van der Waals surface area contributed by atoms with Gasteiger partial charge in [-0.2, -0.15) is 0 Å². The zero-order chi connectivity index (χ0) is 9.19. The highest BCUT2D eigenvalue weighted by Gasteiger charge is 2.34. The summed E-state index contributed by atoms with van der Waals surface area (Å²) in [4.78, 5) is 5.22. The average Bonchev–Trinajstić information content (AvgIpc) is 1.95. The minimum atomic E-state index is 0.303. The maximum Gasteiger partial charge on any atom is 0.119 e. The smallest absolute Gasteiger partial charge is 0.119 e. The van der Waals surface area contributed by atoms with E-state index in [1.165, 1.54) is 12.1 Å². The number of oxime groups is 1. The Morgan fingerprint density at radius 2 is 2.17 bits per heavy atom. The van der Waals surface area contributed by atoms with E-state index >= 15 is 0 Å². The predicted octanol–water partition coefficient (Wildman–Crippen LogP) is 2.84. The van der Waals surface area contributed by atoms with E-state index in [0.717, 1.165) is 13.0 Å². The Balaban J connectivity index is 2.29. The summed E-state index contributed by atoms with van der Waals surface area (Å²) < 4.78 is 0. The van der Waals surface area contributed by atoms with E-state index in [2.05, 4.69) is 32.9 Å². The van der Waals surface area contributed by atoms with Crippen LogP contribution in [-0.4, -0.2) is 12.3 Å². The molecule has 0 saturated heterocycles. The van der Waals surface area contributed by atoms with Crippen LogP contribution in [0.15, 0.2) is 5.16 Å². The van der Waals surface area contributed by atoms with Crippen LogP contribution in [0.5, 0.6) is 0 Å². The van der Waals surface area contributed by atoms with Gasteiger partial charge >= 0.3 is 0 Å². The van der Waals surface area contributed by atoms with Crippen molar-refractivity contribution in [2.24, 2.45) is 16.5 Å². The van der Waals surface area contributed by atoms with Crippen molar-refractivity contribution in [3.63, 3.8) is 0 Å². The van der Waals surface area contributed by atoms with Gasteiger partial charge < -0.3 is 4.84 Å². The summed E-state index contributed by atoms with van der Waals surface area (Å²) >= 11 is 0. The fourth-order valence-electron chi connectivity index (χ4n) is 1.17. The summed E-state index contributed by atoms with van der Waals surface area (Å²) in [5, 5.41) is 4.14. The van der Waals surface area contributed by atoms with Gasteiger partial charge in [-0.05, 0) is 18.8 Å². The molecule has 1 aliphatic carbocycles. The molecule has 0 aromatic carbocycles. The molecule has 0 aromatic rings. The summed E-state index contributed by atoms with van der Waals surface area (Å²) in [6, 6.07) is 0. The molecule has 2 heteroatoms. The van der Waals surface area contributed by atoms with Gasteiger partial charge in [0, 0.05) is 5.41 Å². The number of hydrogen-bond acceptors (Lipinski definition) is 2. The highest BCUT2D eigenvalue weighted by atomic mass is 16.6. The van der Waals surface area contributed by atoms with Crippen molar-refractivity contribution in [2.45, 2.75) is 40.5 Å². The van der Waals surface area contributed by atoms with Crippen LogP contribution in [0.1, 0.15) is 40.5 Å². The normalized spacial score (nSPS) is 24.2. The van der Waals surface area contributed by atoms with Crippen molar-refractivity contribution >= 4 is 5.71 Å². The van der Waals surface area contributed by atoms with E-state index in [0.29, 0.717) is 11.3 Å². The molecule has 0 atom stereocenters. The quantitative estimate of drug-likeness (QED) is 0.595. The monoisotopic (exact) mass is 169 g/mol. The van der Waals surface area contributed by atoms with E-state index in [1.54, 1.807) is 0 Å². The van der Waals surface area contributed by atoms with E-state index < -0.39 is 0 Å². The van der Waals surface area contributed by atoms with E-state index in [-0.39, 0.29) is 0 Å². The topological polar surface area (TPSA) is 21.6 Å². The highest BCUT2D eigenvalue weighted by Crippen LogP contribution is 2.36. The van der Waals surface area contributed by atoms with Crippen LogP contribution < -0.4 is 0 Å². The third-order valence-corrected chi connectivity index (χ3v) is 2.35. The summed E-state index contributed by atoms with van der Waals surface area (Å²) in [6.07, 6.45) is 2.36. The van der Waals surface area contributed by atoms with Gasteiger partial charge in [-0.3, -0.25) is 0 Å². The zero-order valence-electron chi connectivity index (χ0n) is 8.55. The maximum atomic E-state index is 5.22. The number of hydrogen-bond donors (Lipinski definition) is 0. The Morgan fingerprint density at radius 3 is 2.50 bits per heavy atom. The first-order valence-electron chi connectivity index (χ1n) is 4.71. The second-order valence-corrected chi connectivity index (χ2v) is 4.61. The number of rotatable bonds is 3. The molecule has 0 bridgehead atoms. The third kappa shape index (κ3) is 2.23. The maximum absolute atomic E-state index is 5.22. The molecule has 0 N–H and O–H groups in total. The summed E-state index contributed by atoms with van der Waals surface area (Å²) in [6.45, 7) is 9.43. The van der Waals surface area contributed by atoms with Crippen molar-refractivity contribution in [3.05, 3.63) is 0 Å². The molecule has 0 heterocycles. The fourth-order valence-corrected chi connectivity index (χ4v) is 1.17. The molecule has 1 rings (SSSR count). The summed E-state index contributed by atoms with van der Waals surface area (Å²) in [5.74, 6) is 0.567. The van der Waals surface area contributed by atoms with Crippen molar-refractivity contribution in [2.75, 3.05) is 6.61 Å². The van der Waals surface area contributed by atoms with Crippen molar-refractivity contribution in [1.82, 2.24) is 0 Å². The van der Waals surface area contributed by atoms with Crippen LogP contribution >= 0.6 is 0 Å². The molecule has 1 fully saturated rings. The summed E-state index contributed by atoms with van der Waals surface area (Å²) in [5.41, 5.74) is 1.53. The van der Waals surface area contributed by atoms with Crippen LogP contribution in [-0.2, 0) is 4.84 Å². The molecular weight excluding hydrogens is 150 g/mol. The molecule has 70 valence electrons. The van der Waals surface area contributed by atoms with Gasteiger partial charge in [0.2, 0.25) is 0 Å². The lowest BCUT2D eigenvalue weighted by molar-refractivity contribution is 0.111. The van der Waals surface area contributed by atoms with Crippen LogP contribution in [0.2, 0.25) is 0 Å². The zero-order valence-corrected chi connectivity index (χ0v) is 8.55. The van der Waals surface area contributed by atoms with Crippen molar-refractivity contribution in [3.8, 4) is 0 Å². The van der Waals surface area contributed by atoms with E-state index in [9.17, 15) is 0 Å². The fraction of sp³-hybridized carbons (Fsp3) is 0.900. The van der Waals surface area contributed by atoms with Crippen LogP contribution in [0.25, 0.3) is 0 Å². The predicted molar refractivity (Wildman–Crippen MR) is 51.2 cm³/mol. The van der Waals surface area contributed by atoms with Gasteiger partial charge in [0.25, 0.3) is 0 Å². The molecule has 2 nitrogen and oxygen atoms in total. The van der Waals surface area contributed by atoms with Crippen molar-refractivity contribution in [1.29, 1.82) is 0 Å². The second-order valence-electron chi connectivity index (χ2n) is 4.61. The Hall–Kier alpha value is -0.530. The third-order valence-electron chi connectivity index (χ3n) is 2.35. The Labute approximate surface area is 75.0 Å². The van der Waals surface area contributed by atoms with Gasteiger partial charge in [-0.25, -0.2) is 0 Å². The van der Waals surface area contributed by atoms with Crippen LogP contribution in [0.4, 0.5) is 0 Å². The molecule has 0 amide bonds. The molecule has 0 radical (unpaired) electrons. The summed E-state index contributed by atoms with van der Waals surface area (Å²) in [7, 11) is 0. The molecule has 1 saturated carbocycles. The second kappa shape index (κ2) is 3.46. The van der Waals surface area contributed by atoms with Crippen LogP contribution in [0, 0.1) is 11.3 Å². The molecule has 1 aliphatic rings. The first-order chi connectivity index (χ1) is 5.52. The van der Waals surface area contributed by atoms with E-state index in [1.807, 2.05) is 0 Å². The average molecular weight is 169 g/mol. The van der Waals surface area contributed by atoms with Gasteiger partial charge in [0.15, 0.2) is 0 Å². The highest BCUT2D eigenvalue weighted by molar-refractivity contribution is 5.94. The Kier molecular flexibility index (Phi) is 2.76. The van der Waals surface area contributed by atoms with Crippen molar-refractivity contribution < 1.29 is 4.84 Å². The lowest BCUT2D eigenvalue weighted by atomic mass is 9.70. The lowest BCUT2D eigenvalue weighted by Gasteiger charge is -2.35. The standard InChI is InChI=1S/C10H19NO/c1-8(2)7-12-11-9-5-6-10(9,3)4/h8H,5-7H2,1-4H3/b11-9-. The van der Waals surface area contributed by atoms with Gasteiger partial charge in [-0.15, -0.1) is 0 Å². The lowest BCUT2D eigenvalue weighted by Crippen LogP contribution is -2.35. The molecule has 12 heavy (non-hydrogen) atoms. The van der Waals surface area contributed by atoms with Gasteiger partial charge in [0.1, 0.15) is 6.61 Å². The van der Waals surface area contributed by atoms with Gasteiger partial charge in [0.05, 0.1) is 5.71 Å². The SMILES string of the molecule is CC(C)CO/N=C1/CCC1(C)C. The molecule has 0 spiro atoms. The Morgan fingerprint density at radius 1 is 1.50 bits per heavy atom. The minimum Gasteiger partial charge on any atom is -0.396 e. The van der Waals surface area contributed by atoms with E-state index in [4.69, 9.17) is 4.84 Å². The molecule has 0 aliphatic heterocycles. The number of nitrogens with zero attached hydrogens (tertiary/aromatic N) is 1. The molecule has 0 aromatic heterocycles. The van der Waals surface area contributed by atoms with Gasteiger partial charge in [-0.1, -0.05) is 32.9 Å². The molecule has 0 unspecified atom stereocenters. The minimum absolute atomic E-state index is 0.303. The van der Waals surface area contributed by atoms with Crippen LogP contribution in [0.3, 0.4) is 0 Å². The Bertz CT molecular complexity index is 182. The first kappa shape index (κ1) is 9.56. The molecular formula is C10H19NO. The first-order valence-corrected chi connectivity index (χ1v) is 4.71. The largest absolute Gasteiger partial charge is 0.396 e.